The Hall–Kier alpha value is -1.75. The number of aryl methyl sites for hydroxylation is 1. The Balaban J connectivity index is 1.99. The molecule has 0 bridgehead atoms. The maximum atomic E-state index is 4.53. The fraction of sp³-hybridized carbons (Fsp3) is 0.462. The van der Waals surface area contributed by atoms with Gasteiger partial charge in [0.1, 0.15) is 11.4 Å². The van der Waals surface area contributed by atoms with Crippen molar-refractivity contribution in [2.24, 2.45) is 0 Å². The maximum absolute atomic E-state index is 4.53. The minimum Gasteiger partial charge on any atom is -0.316 e. The predicted molar refractivity (Wildman–Crippen MR) is 69.2 cm³/mol. The van der Waals surface area contributed by atoms with Gasteiger partial charge in [-0.2, -0.15) is 5.10 Å². The van der Waals surface area contributed by atoms with Gasteiger partial charge >= 0.3 is 0 Å². The van der Waals surface area contributed by atoms with E-state index in [4.69, 9.17) is 0 Å². The Morgan fingerprint density at radius 1 is 1.28 bits per heavy atom. The van der Waals surface area contributed by atoms with Crippen molar-refractivity contribution < 1.29 is 0 Å². The monoisotopic (exact) mass is 243 g/mol. The molecule has 3 rings (SSSR count). The molecule has 1 fully saturated rings. The quantitative estimate of drug-likeness (QED) is 0.841. The molecular weight excluding hydrogens is 226 g/mol. The SMILES string of the molecule is Cc1cc(-c2nccnc2[C@@H]2CCCNC2)n[nH]1. The van der Waals surface area contributed by atoms with E-state index in [0.29, 0.717) is 5.92 Å². The van der Waals surface area contributed by atoms with Crippen LogP contribution in [0.5, 0.6) is 0 Å². The van der Waals surface area contributed by atoms with E-state index in [2.05, 4.69) is 25.5 Å². The summed E-state index contributed by atoms with van der Waals surface area (Å²) in [4.78, 5) is 9.00. The maximum Gasteiger partial charge on any atom is 0.113 e. The second kappa shape index (κ2) is 4.86. The van der Waals surface area contributed by atoms with E-state index in [1.807, 2.05) is 13.0 Å². The molecule has 2 aromatic rings. The fourth-order valence-electron chi connectivity index (χ4n) is 2.47. The number of H-pyrrole nitrogens is 1. The Morgan fingerprint density at radius 3 is 2.89 bits per heavy atom. The number of aromatic nitrogens is 4. The average molecular weight is 243 g/mol. The number of piperidine rings is 1. The summed E-state index contributed by atoms with van der Waals surface area (Å²) in [5, 5.41) is 10.7. The first kappa shape index (κ1) is 11.3. The van der Waals surface area contributed by atoms with Crippen LogP contribution in [0, 0.1) is 6.92 Å². The van der Waals surface area contributed by atoms with E-state index in [-0.39, 0.29) is 0 Å². The molecule has 0 amide bonds. The summed E-state index contributed by atoms with van der Waals surface area (Å²) < 4.78 is 0. The molecule has 0 unspecified atom stereocenters. The van der Waals surface area contributed by atoms with Crippen LogP contribution in [0.1, 0.15) is 30.1 Å². The highest BCUT2D eigenvalue weighted by Crippen LogP contribution is 2.28. The van der Waals surface area contributed by atoms with E-state index in [1.165, 1.54) is 12.8 Å². The van der Waals surface area contributed by atoms with Crippen molar-refractivity contribution in [3.05, 3.63) is 29.8 Å². The molecule has 18 heavy (non-hydrogen) atoms. The fourth-order valence-corrected chi connectivity index (χ4v) is 2.47. The van der Waals surface area contributed by atoms with Crippen LogP contribution in [0.25, 0.3) is 11.4 Å². The van der Waals surface area contributed by atoms with E-state index >= 15 is 0 Å². The van der Waals surface area contributed by atoms with Crippen LogP contribution in [-0.2, 0) is 0 Å². The number of rotatable bonds is 2. The Labute approximate surface area is 106 Å². The van der Waals surface area contributed by atoms with Gasteiger partial charge in [0.05, 0.1) is 5.69 Å². The first-order chi connectivity index (χ1) is 8.84. The molecule has 1 aliphatic rings. The first-order valence-corrected chi connectivity index (χ1v) is 6.38. The molecule has 0 aliphatic carbocycles. The van der Waals surface area contributed by atoms with Crippen LogP contribution in [0.15, 0.2) is 18.5 Å². The van der Waals surface area contributed by atoms with Gasteiger partial charge in [-0.15, -0.1) is 0 Å². The van der Waals surface area contributed by atoms with Gasteiger partial charge in [0.2, 0.25) is 0 Å². The smallest absolute Gasteiger partial charge is 0.113 e. The van der Waals surface area contributed by atoms with Crippen LogP contribution in [0.3, 0.4) is 0 Å². The zero-order valence-corrected chi connectivity index (χ0v) is 10.5. The summed E-state index contributed by atoms with van der Waals surface area (Å²) in [6.07, 6.45) is 5.87. The van der Waals surface area contributed by atoms with E-state index in [1.54, 1.807) is 12.4 Å². The van der Waals surface area contributed by atoms with E-state index in [0.717, 1.165) is 35.9 Å². The summed E-state index contributed by atoms with van der Waals surface area (Å²) in [6, 6.07) is 2.02. The number of hydrogen-bond acceptors (Lipinski definition) is 4. The largest absolute Gasteiger partial charge is 0.316 e. The highest BCUT2D eigenvalue weighted by atomic mass is 15.1. The zero-order chi connectivity index (χ0) is 12.4. The molecule has 5 heteroatoms. The molecule has 0 radical (unpaired) electrons. The van der Waals surface area contributed by atoms with Crippen LogP contribution in [0.4, 0.5) is 0 Å². The molecule has 1 aliphatic heterocycles. The molecule has 2 aromatic heterocycles. The first-order valence-electron chi connectivity index (χ1n) is 6.38. The van der Waals surface area contributed by atoms with E-state index in [9.17, 15) is 0 Å². The van der Waals surface area contributed by atoms with Crippen molar-refractivity contribution in [1.29, 1.82) is 0 Å². The highest BCUT2D eigenvalue weighted by Gasteiger charge is 2.21. The normalized spacial score (nSPS) is 19.9. The Kier molecular flexibility index (Phi) is 3.06. The third kappa shape index (κ3) is 2.13. The minimum atomic E-state index is 0.444. The van der Waals surface area contributed by atoms with Gasteiger partial charge in [-0.05, 0) is 32.4 Å². The molecule has 0 saturated carbocycles. The second-order valence-corrected chi connectivity index (χ2v) is 4.77. The van der Waals surface area contributed by atoms with Gasteiger partial charge in [-0.3, -0.25) is 15.1 Å². The van der Waals surface area contributed by atoms with Gasteiger partial charge < -0.3 is 5.32 Å². The van der Waals surface area contributed by atoms with Gasteiger partial charge in [0.25, 0.3) is 0 Å². The summed E-state index contributed by atoms with van der Waals surface area (Å²) >= 11 is 0. The Morgan fingerprint density at radius 2 is 2.17 bits per heavy atom. The topological polar surface area (TPSA) is 66.5 Å². The van der Waals surface area contributed by atoms with Crippen molar-refractivity contribution in [1.82, 2.24) is 25.5 Å². The van der Waals surface area contributed by atoms with Crippen molar-refractivity contribution in [2.75, 3.05) is 13.1 Å². The molecule has 5 nitrogen and oxygen atoms in total. The predicted octanol–water partition coefficient (Wildman–Crippen LogP) is 1.64. The average Bonchev–Trinajstić information content (AvgIpc) is 2.86. The van der Waals surface area contributed by atoms with Crippen molar-refractivity contribution in [3.63, 3.8) is 0 Å². The van der Waals surface area contributed by atoms with Crippen molar-refractivity contribution in [3.8, 4) is 11.4 Å². The molecule has 1 saturated heterocycles. The summed E-state index contributed by atoms with van der Waals surface area (Å²) in [5.41, 5.74) is 3.91. The molecule has 3 heterocycles. The zero-order valence-electron chi connectivity index (χ0n) is 10.5. The van der Waals surface area contributed by atoms with Crippen LogP contribution in [0.2, 0.25) is 0 Å². The molecule has 94 valence electrons. The third-order valence-corrected chi connectivity index (χ3v) is 3.36. The Bertz CT molecular complexity index is 528. The van der Waals surface area contributed by atoms with Crippen molar-refractivity contribution in [2.45, 2.75) is 25.7 Å². The lowest BCUT2D eigenvalue weighted by atomic mass is 9.94. The molecule has 0 aromatic carbocycles. The molecule has 2 N–H and O–H groups in total. The van der Waals surface area contributed by atoms with Crippen molar-refractivity contribution >= 4 is 0 Å². The molecule has 1 atom stereocenters. The molecule has 0 spiro atoms. The highest BCUT2D eigenvalue weighted by molar-refractivity contribution is 5.57. The lowest BCUT2D eigenvalue weighted by Gasteiger charge is -2.23. The van der Waals surface area contributed by atoms with Crippen LogP contribution >= 0.6 is 0 Å². The lowest BCUT2D eigenvalue weighted by Crippen LogP contribution is -2.29. The summed E-state index contributed by atoms with van der Waals surface area (Å²) in [5.74, 6) is 0.444. The van der Waals surface area contributed by atoms with Gasteiger partial charge in [0.15, 0.2) is 0 Å². The van der Waals surface area contributed by atoms with Crippen LogP contribution < -0.4 is 5.32 Å². The molecular formula is C13H17N5. The van der Waals surface area contributed by atoms with Gasteiger partial charge in [0, 0.05) is 30.6 Å². The van der Waals surface area contributed by atoms with E-state index < -0.39 is 0 Å². The standard InChI is InChI=1S/C13H17N5/c1-9-7-11(18-17-9)13-12(15-5-6-16-13)10-3-2-4-14-8-10/h5-7,10,14H,2-4,8H2,1H3,(H,17,18)/t10-/m1/s1. The lowest BCUT2D eigenvalue weighted by molar-refractivity contribution is 0.454. The third-order valence-electron chi connectivity index (χ3n) is 3.36. The minimum absolute atomic E-state index is 0.444. The van der Waals surface area contributed by atoms with Crippen LogP contribution in [-0.4, -0.2) is 33.3 Å². The van der Waals surface area contributed by atoms with Gasteiger partial charge in [-0.25, -0.2) is 0 Å². The number of aromatic amines is 1. The number of hydrogen-bond donors (Lipinski definition) is 2. The second-order valence-electron chi connectivity index (χ2n) is 4.77. The van der Waals surface area contributed by atoms with Gasteiger partial charge in [-0.1, -0.05) is 0 Å². The number of nitrogens with one attached hydrogen (secondary N) is 2. The summed E-state index contributed by atoms with van der Waals surface area (Å²) in [7, 11) is 0. The summed E-state index contributed by atoms with van der Waals surface area (Å²) in [6.45, 7) is 4.08. The number of nitrogens with zero attached hydrogens (tertiary/aromatic N) is 3.